The lowest BCUT2D eigenvalue weighted by atomic mass is 10.1. The average Bonchev–Trinajstić information content (AvgIpc) is 2.84. The normalized spacial score (nSPS) is 10.7. The summed E-state index contributed by atoms with van der Waals surface area (Å²) in [5.74, 6) is -0.0374. The molecule has 0 atom stereocenters. The van der Waals surface area contributed by atoms with Gasteiger partial charge in [-0.3, -0.25) is 9.69 Å². The van der Waals surface area contributed by atoms with Crippen LogP contribution in [0.1, 0.15) is 11.1 Å². The van der Waals surface area contributed by atoms with Crippen LogP contribution in [0.5, 0.6) is 0 Å². The van der Waals surface area contributed by atoms with Crippen LogP contribution in [0.4, 0.5) is 5.13 Å². The van der Waals surface area contributed by atoms with Gasteiger partial charge in [0.05, 0.1) is 6.54 Å². The van der Waals surface area contributed by atoms with Crippen molar-refractivity contribution in [1.82, 2.24) is 9.88 Å². The molecular formula is C14H17N3OS. The Hall–Kier alpha value is -1.72. The molecule has 0 aliphatic rings. The maximum atomic E-state index is 11.8. The first-order chi connectivity index (χ1) is 9.13. The van der Waals surface area contributed by atoms with Crippen LogP contribution in [0.15, 0.2) is 35.8 Å². The summed E-state index contributed by atoms with van der Waals surface area (Å²) < 4.78 is 0. The number of amides is 1. The maximum absolute atomic E-state index is 11.8. The summed E-state index contributed by atoms with van der Waals surface area (Å²) in [7, 11) is 1.93. The van der Waals surface area contributed by atoms with Crippen LogP contribution in [0, 0.1) is 6.92 Å². The van der Waals surface area contributed by atoms with E-state index in [1.54, 1.807) is 6.20 Å². The van der Waals surface area contributed by atoms with E-state index in [0.29, 0.717) is 11.7 Å². The fourth-order valence-electron chi connectivity index (χ4n) is 1.75. The van der Waals surface area contributed by atoms with Crippen molar-refractivity contribution >= 4 is 22.4 Å². The molecule has 1 aromatic heterocycles. The summed E-state index contributed by atoms with van der Waals surface area (Å²) in [5, 5.41) is 5.26. The van der Waals surface area contributed by atoms with Gasteiger partial charge in [-0.15, -0.1) is 11.3 Å². The molecule has 1 aromatic carbocycles. The quantitative estimate of drug-likeness (QED) is 0.912. The van der Waals surface area contributed by atoms with Crippen LogP contribution in [-0.2, 0) is 11.3 Å². The zero-order valence-electron chi connectivity index (χ0n) is 11.1. The van der Waals surface area contributed by atoms with E-state index >= 15 is 0 Å². The molecule has 0 aliphatic carbocycles. The standard InChI is InChI=1S/C14H17N3OS/c1-11-3-5-12(6-4-11)9-17(2)10-13(18)16-14-15-7-8-19-14/h3-8H,9-10H2,1-2H3,(H,15,16,18). The Labute approximate surface area is 117 Å². The van der Waals surface area contributed by atoms with E-state index in [1.807, 2.05) is 17.3 Å². The fraction of sp³-hybridized carbons (Fsp3) is 0.286. The Balaban J connectivity index is 1.82. The van der Waals surface area contributed by atoms with Crippen molar-refractivity contribution in [3.8, 4) is 0 Å². The van der Waals surface area contributed by atoms with Crippen LogP contribution in [0.25, 0.3) is 0 Å². The van der Waals surface area contributed by atoms with E-state index in [2.05, 4.69) is 41.5 Å². The lowest BCUT2D eigenvalue weighted by Crippen LogP contribution is -2.29. The van der Waals surface area contributed by atoms with Crippen molar-refractivity contribution < 1.29 is 4.79 Å². The van der Waals surface area contributed by atoms with Crippen molar-refractivity contribution in [1.29, 1.82) is 0 Å². The second-order valence-electron chi connectivity index (χ2n) is 4.54. The molecule has 0 spiro atoms. The fourth-order valence-corrected chi connectivity index (χ4v) is 2.30. The van der Waals surface area contributed by atoms with Crippen LogP contribution in [-0.4, -0.2) is 29.4 Å². The van der Waals surface area contributed by atoms with Crippen LogP contribution < -0.4 is 5.32 Å². The minimum Gasteiger partial charge on any atom is -0.301 e. The second-order valence-corrected chi connectivity index (χ2v) is 5.44. The van der Waals surface area contributed by atoms with Gasteiger partial charge in [0, 0.05) is 18.1 Å². The number of hydrogen-bond donors (Lipinski definition) is 1. The van der Waals surface area contributed by atoms with Gasteiger partial charge in [-0.05, 0) is 19.5 Å². The summed E-state index contributed by atoms with van der Waals surface area (Å²) in [6.07, 6.45) is 1.68. The number of nitrogens with one attached hydrogen (secondary N) is 1. The topological polar surface area (TPSA) is 45.2 Å². The van der Waals surface area contributed by atoms with E-state index < -0.39 is 0 Å². The molecule has 2 aromatic rings. The zero-order chi connectivity index (χ0) is 13.7. The molecule has 1 N–H and O–H groups in total. The van der Waals surface area contributed by atoms with E-state index in [0.717, 1.165) is 6.54 Å². The molecule has 19 heavy (non-hydrogen) atoms. The first-order valence-electron chi connectivity index (χ1n) is 6.07. The van der Waals surface area contributed by atoms with Crippen LogP contribution in [0.2, 0.25) is 0 Å². The van der Waals surface area contributed by atoms with Crippen LogP contribution >= 0.6 is 11.3 Å². The Morgan fingerprint density at radius 2 is 2.11 bits per heavy atom. The smallest absolute Gasteiger partial charge is 0.240 e. The summed E-state index contributed by atoms with van der Waals surface area (Å²) in [6.45, 7) is 3.17. The molecule has 0 fully saturated rings. The number of hydrogen-bond acceptors (Lipinski definition) is 4. The molecule has 0 unspecified atom stereocenters. The van der Waals surface area contributed by atoms with Gasteiger partial charge in [-0.1, -0.05) is 29.8 Å². The lowest BCUT2D eigenvalue weighted by Gasteiger charge is -2.15. The van der Waals surface area contributed by atoms with E-state index in [9.17, 15) is 4.79 Å². The van der Waals surface area contributed by atoms with Gasteiger partial charge in [0.25, 0.3) is 0 Å². The second kappa shape index (κ2) is 6.45. The number of benzene rings is 1. The first-order valence-corrected chi connectivity index (χ1v) is 6.95. The van der Waals surface area contributed by atoms with Gasteiger partial charge >= 0.3 is 0 Å². The van der Waals surface area contributed by atoms with Crippen molar-refractivity contribution in [3.05, 3.63) is 47.0 Å². The summed E-state index contributed by atoms with van der Waals surface area (Å²) in [4.78, 5) is 17.8. The summed E-state index contributed by atoms with van der Waals surface area (Å²) >= 11 is 1.42. The highest BCUT2D eigenvalue weighted by molar-refractivity contribution is 7.13. The van der Waals surface area contributed by atoms with Gasteiger partial charge in [0.15, 0.2) is 5.13 Å². The van der Waals surface area contributed by atoms with E-state index in [4.69, 9.17) is 0 Å². The highest BCUT2D eigenvalue weighted by Gasteiger charge is 2.08. The molecule has 1 amide bonds. The molecule has 1 heterocycles. The minimum absolute atomic E-state index is 0.0374. The number of carbonyl (C=O) groups excluding carboxylic acids is 1. The number of aromatic nitrogens is 1. The molecule has 0 saturated heterocycles. The number of aryl methyl sites for hydroxylation is 1. The summed E-state index contributed by atoms with van der Waals surface area (Å²) in [6, 6.07) is 8.34. The zero-order valence-corrected chi connectivity index (χ0v) is 11.9. The minimum atomic E-state index is -0.0374. The number of rotatable bonds is 5. The van der Waals surface area contributed by atoms with Crippen molar-refractivity contribution in [2.45, 2.75) is 13.5 Å². The number of thiazole rings is 1. The highest BCUT2D eigenvalue weighted by atomic mass is 32.1. The molecule has 0 bridgehead atoms. The molecule has 5 heteroatoms. The van der Waals surface area contributed by atoms with Gasteiger partial charge in [0.1, 0.15) is 0 Å². The monoisotopic (exact) mass is 275 g/mol. The first kappa shape index (κ1) is 13.7. The number of carbonyl (C=O) groups is 1. The predicted octanol–water partition coefficient (Wildman–Crippen LogP) is 2.52. The number of likely N-dealkylation sites (N-methyl/N-ethyl adjacent to an activating group) is 1. The molecule has 100 valence electrons. The summed E-state index contributed by atoms with van der Waals surface area (Å²) in [5.41, 5.74) is 2.45. The molecular weight excluding hydrogens is 258 g/mol. The van der Waals surface area contributed by atoms with E-state index in [1.165, 1.54) is 22.5 Å². The van der Waals surface area contributed by atoms with Crippen molar-refractivity contribution in [3.63, 3.8) is 0 Å². The third-order valence-corrected chi connectivity index (χ3v) is 3.35. The van der Waals surface area contributed by atoms with Gasteiger partial charge in [0.2, 0.25) is 5.91 Å². The van der Waals surface area contributed by atoms with Crippen LogP contribution in [0.3, 0.4) is 0 Å². The van der Waals surface area contributed by atoms with Gasteiger partial charge < -0.3 is 5.32 Å². The third kappa shape index (κ3) is 4.46. The largest absolute Gasteiger partial charge is 0.301 e. The molecule has 0 aliphatic heterocycles. The molecule has 2 rings (SSSR count). The molecule has 4 nitrogen and oxygen atoms in total. The SMILES string of the molecule is Cc1ccc(CN(C)CC(=O)Nc2nccs2)cc1. The molecule has 0 radical (unpaired) electrons. The number of anilines is 1. The molecule has 0 saturated carbocycles. The Kier molecular flexibility index (Phi) is 4.65. The third-order valence-electron chi connectivity index (χ3n) is 2.67. The maximum Gasteiger partial charge on any atom is 0.240 e. The van der Waals surface area contributed by atoms with Gasteiger partial charge in [-0.2, -0.15) is 0 Å². The van der Waals surface area contributed by atoms with Crippen molar-refractivity contribution in [2.24, 2.45) is 0 Å². The van der Waals surface area contributed by atoms with Crippen molar-refractivity contribution in [2.75, 3.05) is 18.9 Å². The lowest BCUT2D eigenvalue weighted by molar-refractivity contribution is -0.117. The Morgan fingerprint density at radius 3 is 2.74 bits per heavy atom. The van der Waals surface area contributed by atoms with Gasteiger partial charge in [-0.25, -0.2) is 4.98 Å². The Bertz CT molecular complexity index is 522. The highest BCUT2D eigenvalue weighted by Crippen LogP contribution is 2.10. The number of nitrogens with zero attached hydrogens (tertiary/aromatic N) is 2. The van der Waals surface area contributed by atoms with E-state index in [-0.39, 0.29) is 5.91 Å². The Morgan fingerprint density at radius 1 is 1.37 bits per heavy atom. The average molecular weight is 275 g/mol. The predicted molar refractivity (Wildman–Crippen MR) is 78.3 cm³/mol.